The van der Waals surface area contributed by atoms with Gasteiger partial charge in [-0.15, -0.1) is 0 Å². The number of anilines is 1. The molecule has 0 atom stereocenters. The fourth-order valence-electron chi connectivity index (χ4n) is 2.88. The number of para-hydroxylation sites is 1. The number of benzene rings is 4. The number of hydrogen-bond donors (Lipinski definition) is 1. The van der Waals surface area contributed by atoms with Gasteiger partial charge < -0.3 is 5.32 Å². The number of rotatable bonds is 2. The molecule has 0 aliphatic rings. The summed E-state index contributed by atoms with van der Waals surface area (Å²) in [5.41, 5.74) is 5.07. The third kappa shape index (κ3) is 5.73. The average molecular weight is 397 g/mol. The van der Waals surface area contributed by atoms with Crippen LogP contribution in [0.4, 0.5) is 5.69 Å². The number of nitrogens with one attached hydrogen (secondary N) is 1. The van der Waals surface area contributed by atoms with E-state index >= 15 is 0 Å². The van der Waals surface area contributed by atoms with Crippen molar-refractivity contribution in [2.45, 2.75) is 0 Å². The van der Waals surface area contributed by atoms with Crippen molar-refractivity contribution in [3.63, 3.8) is 0 Å². The Labute approximate surface area is 182 Å². The van der Waals surface area contributed by atoms with Crippen molar-refractivity contribution in [2.75, 3.05) is 5.32 Å². The topological polar surface area (TPSA) is 29.1 Å². The van der Waals surface area contributed by atoms with Crippen LogP contribution < -0.4 is 5.32 Å². The summed E-state index contributed by atoms with van der Waals surface area (Å²) in [5, 5.41) is 2.88. The van der Waals surface area contributed by atoms with Gasteiger partial charge in [-0.1, -0.05) is 60.1 Å². The summed E-state index contributed by atoms with van der Waals surface area (Å²) < 4.78 is 0. The van der Waals surface area contributed by atoms with Crippen LogP contribution in [-0.2, 0) is 0 Å². The number of amides is 1. The average Bonchev–Trinajstić information content (AvgIpc) is 2.84. The van der Waals surface area contributed by atoms with E-state index in [2.05, 4.69) is 29.0 Å². The van der Waals surface area contributed by atoms with Crippen molar-refractivity contribution in [1.29, 1.82) is 0 Å². The number of carbonyl (C=O) groups excluding carboxylic acids is 1. The molecule has 2 nitrogen and oxygen atoms in total. The van der Waals surface area contributed by atoms with Crippen LogP contribution in [0.5, 0.6) is 0 Å². The molecule has 1 amide bonds. The van der Waals surface area contributed by atoms with Crippen molar-refractivity contribution < 1.29 is 4.79 Å². The van der Waals surface area contributed by atoms with Gasteiger partial charge in [0.15, 0.2) is 0 Å². The fraction of sp³-hybridized carbons (Fsp3) is 0. The lowest BCUT2D eigenvalue weighted by Crippen LogP contribution is -2.11. The maximum atomic E-state index is 12.3. The molecule has 0 saturated heterocycles. The second-order valence-corrected chi connectivity index (χ2v) is 6.84. The first-order chi connectivity index (χ1) is 15.3. The molecule has 0 aliphatic heterocycles. The molecule has 4 rings (SSSR count). The zero-order valence-corrected chi connectivity index (χ0v) is 16.8. The molecule has 4 aromatic carbocycles. The van der Waals surface area contributed by atoms with Crippen LogP contribution in [0.2, 0.25) is 0 Å². The van der Waals surface area contributed by atoms with Crippen molar-refractivity contribution in [1.82, 2.24) is 0 Å². The minimum atomic E-state index is -0.141. The highest BCUT2D eigenvalue weighted by Crippen LogP contribution is 2.10. The molecule has 31 heavy (non-hydrogen) atoms. The van der Waals surface area contributed by atoms with Gasteiger partial charge in [0, 0.05) is 33.5 Å². The lowest BCUT2D eigenvalue weighted by atomic mass is 10.1. The third-order valence-electron chi connectivity index (χ3n) is 4.54. The van der Waals surface area contributed by atoms with Gasteiger partial charge in [-0.25, -0.2) is 0 Å². The van der Waals surface area contributed by atoms with E-state index in [4.69, 9.17) is 0 Å². The van der Waals surface area contributed by atoms with Gasteiger partial charge in [0.2, 0.25) is 0 Å². The van der Waals surface area contributed by atoms with E-state index in [-0.39, 0.29) is 5.91 Å². The van der Waals surface area contributed by atoms with Crippen LogP contribution in [0.15, 0.2) is 109 Å². The summed E-state index contributed by atoms with van der Waals surface area (Å²) >= 11 is 0. The summed E-state index contributed by atoms with van der Waals surface area (Å²) in [6.45, 7) is 0. The van der Waals surface area contributed by atoms with Gasteiger partial charge in [0.05, 0.1) is 0 Å². The standard InChI is InChI=1S/C29H19NO/c31-29(30-28-9-5-2-6-10-28)27-21-19-26(20-22-27)18-17-25-15-13-24(14-16-25)12-11-23-7-3-1-4-8-23/h1-10,13-16,19-22H,(H,30,31). The second kappa shape index (κ2) is 9.79. The second-order valence-electron chi connectivity index (χ2n) is 6.84. The van der Waals surface area contributed by atoms with Gasteiger partial charge in [-0.05, 0) is 72.8 Å². The summed E-state index contributed by atoms with van der Waals surface area (Å²) in [4.78, 5) is 12.3. The molecule has 146 valence electrons. The third-order valence-corrected chi connectivity index (χ3v) is 4.54. The number of carbonyl (C=O) groups is 1. The monoisotopic (exact) mass is 397 g/mol. The Kier molecular flexibility index (Phi) is 6.24. The van der Waals surface area contributed by atoms with E-state index in [0.717, 1.165) is 27.9 Å². The van der Waals surface area contributed by atoms with Crippen molar-refractivity contribution in [2.24, 2.45) is 0 Å². The van der Waals surface area contributed by atoms with Gasteiger partial charge >= 0.3 is 0 Å². The Balaban J connectivity index is 1.39. The van der Waals surface area contributed by atoms with Gasteiger partial charge in [0.1, 0.15) is 0 Å². The maximum Gasteiger partial charge on any atom is 0.255 e. The van der Waals surface area contributed by atoms with E-state index in [9.17, 15) is 4.79 Å². The van der Waals surface area contributed by atoms with Crippen LogP contribution >= 0.6 is 0 Å². The lowest BCUT2D eigenvalue weighted by molar-refractivity contribution is 0.102. The molecular weight excluding hydrogens is 378 g/mol. The molecule has 0 aliphatic carbocycles. The molecule has 2 heteroatoms. The fourth-order valence-corrected chi connectivity index (χ4v) is 2.88. The first kappa shape index (κ1) is 19.8. The summed E-state index contributed by atoms with van der Waals surface area (Å²) in [6, 6.07) is 34.4. The molecule has 0 heterocycles. The van der Waals surface area contributed by atoms with Crippen molar-refractivity contribution >= 4 is 11.6 Å². The van der Waals surface area contributed by atoms with E-state index < -0.39 is 0 Å². The first-order valence-electron chi connectivity index (χ1n) is 9.92. The van der Waals surface area contributed by atoms with Crippen LogP contribution in [-0.4, -0.2) is 5.91 Å². The predicted octanol–water partition coefficient (Wildman–Crippen LogP) is 5.74. The quantitative estimate of drug-likeness (QED) is 0.430. The molecule has 0 bridgehead atoms. The van der Waals surface area contributed by atoms with E-state index in [1.807, 2.05) is 97.1 Å². The molecule has 0 spiro atoms. The molecule has 0 unspecified atom stereocenters. The number of hydrogen-bond acceptors (Lipinski definition) is 1. The zero-order chi connectivity index (χ0) is 21.3. The highest BCUT2D eigenvalue weighted by atomic mass is 16.1. The van der Waals surface area contributed by atoms with Crippen LogP contribution in [0.3, 0.4) is 0 Å². The lowest BCUT2D eigenvalue weighted by Gasteiger charge is -2.04. The minimum Gasteiger partial charge on any atom is -0.322 e. The first-order valence-corrected chi connectivity index (χ1v) is 9.92. The van der Waals surface area contributed by atoms with Crippen molar-refractivity contribution in [3.8, 4) is 23.7 Å². The molecule has 0 fully saturated rings. The summed E-state index contributed by atoms with van der Waals surface area (Å²) in [5.74, 6) is 12.5. The van der Waals surface area contributed by atoms with Gasteiger partial charge in [-0.3, -0.25) is 4.79 Å². The molecular formula is C29H19NO. The van der Waals surface area contributed by atoms with E-state index in [1.165, 1.54) is 0 Å². The smallest absolute Gasteiger partial charge is 0.255 e. The largest absolute Gasteiger partial charge is 0.322 e. The Morgan fingerprint density at radius 3 is 1.35 bits per heavy atom. The Bertz CT molecular complexity index is 1280. The van der Waals surface area contributed by atoms with Crippen LogP contribution in [0.25, 0.3) is 0 Å². The van der Waals surface area contributed by atoms with Crippen LogP contribution in [0, 0.1) is 23.7 Å². The van der Waals surface area contributed by atoms with Gasteiger partial charge in [-0.2, -0.15) is 0 Å². The summed E-state index contributed by atoms with van der Waals surface area (Å²) in [6.07, 6.45) is 0. The SMILES string of the molecule is O=C(Nc1ccccc1)c1ccc(C#Cc2ccc(C#Cc3ccccc3)cc2)cc1. The highest BCUT2D eigenvalue weighted by molar-refractivity contribution is 6.04. The molecule has 0 aromatic heterocycles. The molecule has 1 N–H and O–H groups in total. The minimum absolute atomic E-state index is 0.141. The Morgan fingerprint density at radius 2 is 0.871 bits per heavy atom. The molecule has 0 radical (unpaired) electrons. The van der Waals surface area contributed by atoms with Crippen molar-refractivity contribution in [3.05, 3.63) is 137 Å². The maximum absolute atomic E-state index is 12.3. The predicted molar refractivity (Wildman–Crippen MR) is 126 cm³/mol. The summed E-state index contributed by atoms with van der Waals surface area (Å²) in [7, 11) is 0. The Morgan fingerprint density at radius 1 is 0.484 bits per heavy atom. The zero-order valence-electron chi connectivity index (χ0n) is 16.8. The Hall–Kier alpha value is -4.53. The van der Waals surface area contributed by atoms with E-state index in [0.29, 0.717) is 5.56 Å². The normalized spacial score (nSPS) is 9.55. The van der Waals surface area contributed by atoms with E-state index in [1.54, 1.807) is 12.1 Å². The highest BCUT2D eigenvalue weighted by Gasteiger charge is 2.05. The molecule has 4 aromatic rings. The van der Waals surface area contributed by atoms with Crippen LogP contribution in [0.1, 0.15) is 32.6 Å². The molecule has 0 saturated carbocycles. The van der Waals surface area contributed by atoms with Gasteiger partial charge in [0.25, 0.3) is 5.91 Å².